The number of rotatable bonds is 10. The molecule has 0 aromatic heterocycles. The minimum atomic E-state index is -0.557. The third-order valence-corrected chi connectivity index (χ3v) is 4.00. The van der Waals surface area contributed by atoms with Crippen molar-refractivity contribution in [3.63, 3.8) is 0 Å². The van der Waals surface area contributed by atoms with Gasteiger partial charge in [-0.3, -0.25) is 0 Å². The lowest BCUT2D eigenvalue weighted by Gasteiger charge is -2.19. The lowest BCUT2D eigenvalue weighted by Crippen LogP contribution is -2.22. The average molecular weight is 318 g/mol. The third-order valence-electron chi connectivity index (χ3n) is 3.71. The van der Waals surface area contributed by atoms with E-state index in [9.17, 15) is 8.78 Å². The molecule has 0 fully saturated rings. The van der Waals surface area contributed by atoms with Crippen LogP contribution >= 0.6 is 11.6 Å². The van der Waals surface area contributed by atoms with Crippen molar-refractivity contribution in [2.24, 2.45) is 0 Å². The van der Waals surface area contributed by atoms with Crippen LogP contribution in [0.5, 0.6) is 0 Å². The Balaban J connectivity index is 2.58. The molecule has 0 bridgehead atoms. The van der Waals surface area contributed by atoms with Gasteiger partial charge in [-0.15, -0.1) is 0 Å². The third kappa shape index (κ3) is 6.31. The van der Waals surface area contributed by atoms with E-state index in [2.05, 4.69) is 12.2 Å². The van der Waals surface area contributed by atoms with Gasteiger partial charge in [0.2, 0.25) is 0 Å². The SMILES string of the molecule is CCCCCCCCC(NCC)c1cc(F)c(Cl)cc1F. The molecule has 0 spiro atoms. The molecule has 0 heterocycles. The van der Waals surface area contributed by atoms with Gasteiger partial charge in [0, 0.05) is 11.6 Å². The molecule has 4 heteroatoms. The molecule has 1 N–H and O–H groups in total. The molecule has 21 heavy (non-hydrogen) atoms. The first kappa shape index (κ1) is 18.4. The maximum absolute atomic E-state index is 14.0. The second kappa shape index (κ2) is 10.1. The van der Waals surface area contributed by atoms with Crippen LogP contribution in [0.3, 0.4) is 0 Å². The predicted molar refractivity (Wildman–Crippen MR) is 85.8 cm³/mol. The first-order valence-electron chi connectivity index (χ1n) is 7.98. The highest BCUT2D eigenvalue weighted by molar-refractivity contribution is 6.30. The van der Waals surface area contributed by atoms with Crippen LogP contribution in [0.15, 0.2) is 12.1 Å². The van der Waals surface area contributed by atoms with Gasteiger partial charge in [-0.2, -0.15) is 0 Å². The Morgan fingerprint density at radius 1 is 1.00 bits per heavy atom. The minimum absolute atomic E-state index is 0.145. The number of nitrogens with one attached hydrogen (secondary N) is 1. The Morgan fingerprint density at radius 2 is 1.67 bits per heavy atom. The van der Waals surface area contributed by atoms with Crippen LogP contribution in [0.4, 0.5) is 8.78 Å². The topological polar surface area (TPSA) is 12.0 Å². The highest BCUT2D eigenvalue weighted by Gasteiger charge is 2.17. The molecule has 1 aromatic carbocycles. The van der Waals surface area contributed by atoms with Crippen LogP contribution in [0.1, 0.15) is 70.4 Å². The average Bonchev–Trinajstić information content (AvgIpc) is 2.45. The molecule has 1 atom stereocenters. The maximum Gasteiger partial charge on any atom is 0.142 e. The van der Waals surface area contributed by atoms with E-state index in [-0.39, 0.29) is 11.1 Å². The standard InChI is InChI=1S/C17H26ClF2N/c1-3-5-6-7-8-9-10-17(21-4-2)13-11-16(20)14(18)12-15(13)19/h11-12,17,21H,3-10H2,1-2H3. The molecule has 1 aromatic rings. The summed E-state index contributed by atoms with van der Waals surface area (Å²) < 4.78 is 27.5. The van der Waals surface area contributed by atoms with Gasteiger partial charge in [0.25, 0.3) is 0 Å². The lowest BCUT2D eigenvalue weighted by molar-refractivity contribution is 0.454. The number of unbranched alkanes of at least 4 members (excludes halogenated alkanes) is 5. The van der Waals surface area contributed by atoms with E-state index in [1.807, 2.05) is 6.92 Å². The Hall–Kier alpha value is -0.670. The van der Waals surface area contributed by atoms with E-state index in [1.54, 1.807) is 0 Å². The maximum atomic E-state index is 14.0. The van der Waals surface area contributed by atoms with Crippen molar-refractivity contribution in [2.45, 2.75) is 64.8 Å². The van der Waals surface area contributed by atoms with Crippen molar-refractivity contribution in [2.75, 3.05) is 6.54 Å². The summed E-state index contributed by atoms with van der Waals surface area (Å²) in [5, 5.41) is 3.08. The van der Waals surface area contributed by atoms with Crippen molar-refractivity contribution in [1.29, 1.82) is 0 Å². The van der Waals surface area contributed by atoms with Crippen molar-refractivity contribution in [1.82, 2.24) is 5.32 Å². The van der Waals surface area contributed by atoms with E-state index in [4.69, 9.17) is 11.6 Å². The molecule has 0 aliphatic heterocycles. The summed E-state index contributed by atoms with van der Waals surface area (Å²) in [6, 6.07) is 2.15. The molecule has 1 unspecified atom stereocenters. The molecular weight excluding hydrogens is 292 g/mol. The summed E-state index contributed by atoms with van der Waals surface area (Å²) in [5.41, 5.74) is 0.382. The van der Waals surface area contributed by atoms with Crippen LogP contribution in [0.2, 0.25) is 5.02 Å². The molecule has 120 valence electrons. The molecule has 1 nitrogen and oxygen atoms in total. The second-order valence-corrected chi connectivity index (χ2v) is 5.86. The predicted octanol–water partition coefficient (Wildman–Crippen LogP) is 6.02. The fourth-order valence-corrected chi connectivity index (χ4v) is 2.70. The largest absolute Gasteiger partial charge is 0.310 e. The van der Waals surface area contributed by atoms with E-state index in [1.165, 1.54) is 31.7 Å². The van der Waals surface area contributed by atoms with Crippen LogP contribution in [0.25, 0.3) is 0 Å². The number of hydrogen-bond acceptors (Lipinski definition) is 1. The monoisotopic (exact) mass is 317 g/mol. The molecule has 0 saturated carbocycles. The van der Waals surface area contributed by atoms with Gasteiger partial charge >= 0.3 is 0 Å². The Bertz CT molecular complexity index is 423. The molecule has 0 saturated heterocycles. The number of halogens is 3. The summed E-state index contributed by atoms with van der Waals surface area (Å²) in [7, 11) is 0. The Kier molecular flexibility index (Phi) is 8.86. The summed E-state index contributed by atoms with van der Waals surface area (Å²) in [6.07, 6.45) is 7.95. The number of benzene rings is 1. The van der Waals surface area contributed by atoms with E-state index < -0.39 is 11.6 Å². The van der Waals surface area contributed by atoms with Crippen molar-refractivity contribution in [3.8, 4) is 0 Å². The van der Waals surface area contributed by atoms with Crippen LogP contribution in [-0.2, 0) is 0 Å². The molecular formula is C17H26ClF2N. The minimum Gasteiger partial charge on any atom is -0.310 e. The van der Waals surface area contributed by atoms with E-state index in [0.717, 1.165) is 31.9 Å². The summed E-state index contributed by atoms with van der Waals surface area (Å²) in [5.74, 6) is -0.989. The summed E-state index contributed by atoms with van der Waals surface area (Å²) >= 11 is 5.61. The van der Waals surface area contributed by atoms with Crippen molar-refractivity contribution >= 4 is 11.6 Å². The number of hydrogen-bond donors (Lipinski definition) is 1. The van der Waals surface area contributed by atoms with Crippen LogP contribution in [0, 0.1) is 11.6 Å². The normalized spacial score (nSPS) is 12.6. The quantitative estimate of drug-likeness (QED) is 0.411. The zero-order valence-electron chi connectivity index (χ0n) is 13.0. The zero-order valence-corrected chi connectivity index (χ0v) is 13.8. The summed E-state index contributed by atoms with van der Waals surface area (Å²) in [4.78, 5) is 0. The highest BCUT2D eigenvalue weighted by atomic mass is 35.5. The van der Waals surface area contributed by atoms with Crippen LogP contribution in [-0.4, -0.2) is 6.54 Å². The van der Waals surface area contributed by atoms with E-state index in [0.29, 0.717) is 5.56 Å². The Morgan fingerprint density at radius 3 is 2.33 bits per heavy atom. The van der Waals surface area contributed by atoms with Crippen molar-refractivity contribution < 1.29 is 8.78 Å². The lowest BCUT2D eigenvalue weighted by atomic mass is 9.99. The fourth-order valence-electron chi connectivity index (χ4n) is 2.55. The van der Waals surface area contributed by atoms with Gasteiger partial charge in [0.1, 0.15) is 11.6 Å². The molecule has 1 rings (SSSR count). The van der Waals surface area contributed by atoms with E-state index >= 15 is 0 Å². The van der Waals surface area contributed by atoms with Crippen molar-refractivity contribution in [3.05, 3.63) is 34.4 Å². The van der Waals surface area contributed by atoms with Gasteiger partial charge in [0.05, 0.1) is 5.02 Å². The highest BCUT2D eigenvalue weighted by Crippen LogP contribution is 2.27. The fraction of sp³-hybridized carbons (Fsp3) is 0.647. The molecule has 0 aliphatic carbocycles. The van der Waals surface area contributed by atoms with Gasteiger partial charge in [0.15, 0.2) is 0 Å². The van der Waals surface area contributed by atoms with Gasteiger partial charge < -0.3 is 5.32 Å². The second-order valence-electron chi connectivity index (χ2n) is 5.45. The van der Waals surface area contributed by atoms with Gasteiger partial charge in [-0.25, -0.2) is 8.78 Å². The molecule has 0 radical (unpaired) electrons. The molecule has 0 amide bonds. The zero-order chi connectivity index (χ0) is 15.7. The first-order valence-corrected chi connectivity index (χ1v) is 8.35. The van der Waals surface area contributed by atoms with Gasteiger partial charge in [-0.1, -0.05) is 64.0 Å². The van der Waals surface area contributed by atoms with Gasteiger partial charge in [-0.05, 0) is 25.1 Å². The summed E-state index contributed by atoms with van der Waals surface area (Å²) in [6.45, 7) is 4.89. The first-order chi connectivity index (χ1) is 10.1. The molecule has 0 aliphatic rings. The smallest absolute Gasteiger partial charge is 0.142 e. The Labute approximate surface area is 132 Å². The van der Waals surface area contributed by atoms with Crippen LogP contribution < -0.4 is 5.32 Å².